The van der Waals surface area contributed by atoms with Crippen LogP contribution in [0.15, 0.2) is 42.5 Å². The van der Waals surface area contributed by atoms with Crippen LogP contribution < -0.4 is 0 Å². The van der Waals surface area contributed by atoms with Gasteiger partial charge in [0.15, 0.2) is 0 Å². The third-order valence-corrected chi connectivity index (χ3v) is 3.12. The summed E-state index contributed by atoms with van der Waals surface area (Å²) in [6.07, 6.45) is 0. The number of rotatable bonds is 1. The van der Waals surface area contributed by atoms with E-state index in [1.807, 2.05) is 13.0 Å². The molecule has 1 N–H and O–H groups in total. The van der Waals surface area contributed by atoms with Crippen LogP contribution in [0, 0.1) is 18.6 Å². The van der Waals surface area contributed by atoms with Crippen LogP contribution in [0.2, 0.25) is 0 Å². The minimum Gasteiger partial charge on any atom is -0.508 e. The highest BCUT2D eigenvalue weighted by atomic mass is 19.1. The molecular formula is C15H11F2NO. The zero-order valence-electron chi connectivity index (χ0n) is 10.2. The van der Waals surface area contributed by atoms with E-state index in [2.05, 4.69) is 0 Å². The van der Waals surface area contributed by atoms with Crippen molar-refractivity contribution in [2.24, 2.45) is 0 Å². The Morgan fingerprint density at radius 3 is 2.53 bits per heavy atom. The highest BCUT2D eigenvalue weighted by Gasteiger charge is 2.12. The first-order chi connectivity index (χ1) is 9.06. The van der Waals surface area contributed by atoms with Gasteiger partial charge in [0, 0.05) is 17.1 Å². The van der Waals surface area contributed by atoms with Crippen molar-refractivity contribution < 1.29 is 13.9 Å². The number of aromatic nitrogens is 1. The van der Waals surface area contributed by atoms with Crippen molar-refractivity contribution in [1.82, 2.24) is 4.57 Å². The lowest BCUT2D eigenvalue weighted by Gasteiger charge is -2.09. The van der Waals surface area contributed by atoms with Gasteiger partial charge in [0.25, 0.3) is 0 Å². The van der Waals surface area contributed by atoms with E-state index in [-0.39, 0.29) is 5.75 Å². The first-order valence-corrected chi connectivity index (χ1v) is 5.83. The van der Waals surface area contributed by atoms with Crippen LogP contribution in [-0.2, 0) is 0 Å². The maximum Gasteiger partial charge on any atom is 0.150 e. The monoisotopic (exact) mass is 259 g/mol. The standard InChI is InChI=1S/C15H11F2NO/c1-9-6-10-7-12(19)3-5-14(10)18(9)15-4-2-11(16)8-13(15)17/h2-8,19H,1H3. The van der Waals surface area contributed by atoms with Crippen molar-refractivity contribution in [3.8, 4) is 11.4 Å². The summed E-state index contributed by atoms with van der Waals surface area (Å²) >= 11 is 0. The van der Waals surface area contributed by atoms with E-state index in [1.54, 1.807) is 22.8 Å². The molecule has 19 heavy (non-hydrogen) atoms. The Bertz CT molecular complexity index is 777. The normalized spacial score (nSPS) is 11.1. The van der Waals surface area contributed by atoms with Crippen molar-refractivity contribution in [2.75, 3.05) is 0 Å². The molecule has 0 saturated carbocycles. The molecule has 1 heterocycles. The second-order valence-corrected chi connectivity index (χ2v) is 4.46. The fourth-order valence-corrected chi connectivity index (χ4v) is 2.32. The molecule has 0 saturated heterocycles. The molecule has 2 nitrogen and oxygen atoms in total. The molecule has 0 radical (unpaired) electrons. The Hall–Kier alpha value is -2.36. The molecule has 0 atom stereocenters. The second-order valence-electron chi connectivity index (χ2n) is 4.46. The summed E-state index contributed by atoms with van der Waals surface area (Å²) in [5.41, 5.74) is 1.87. The fourth-order valence-electron chi connectivity index (χ4n) is 2.32. The number of benzene rings is 2. The van der Waals surface area contributed by atoms with E-state index >= 15 is 0 Å². The smallest absolute Gasteiger partial charge is 0.150 e. The number of hydrogen-bond acceptors (Lipinski definition) is 1. The Morgan fingerprint density at radius 2 is 1.79 bits per heavy atom. The van der Waals surface area contributed by atoms with E-state index in [4.69, 9.17) is 0 Å². The largest absolute Gasteiger partial charge is 0.508 e. The highest BCUT2D eigenvalue weighted by molar-refractivity contribution is 5.84. The Balaban J connectivity index is 2.33. The van der Waals surface area contributed by atoms with E-state index in [0.29, 0.717) is 5.69 Å². The van der Waals surface area contributed by atoms with Crippen LogP contribution in [0.3, 0.4) is 0 Å². The van der Waals surface area contributed by atoms with Crippen LogP contribution in [0.25, 0.3) is 16.6 Å². The van der Waals surface area contributed by atoms with Crippen LogP contribution in [0.1, 0.15) is 5.69 Å². The van der Waals surface area contributed by atoms with Crippen molar-refractivity contribution in [3.05, 3.63) is 59.8 Å². The van der Waals surface area contributed by atoms with Crippen molar-refractivity contribution >= 4 is 10.9 Å². The SMILES string of the molecule is Cc1cc2cc(O)ccc2n1-c1ccc(F)cc1F. The lowest BCUT2D eigenvalue weighted by molar-refractivity contribution is 0.476. The summed E-state index contributed by atoms with van der Waals surface area (Å²) in [4.78, 5) is 0. The zero-order valence-corrected chi connectivity index (χ0v) is 10.2. The van der Waals surface area contributed by atoms with E-state index in [9.17, 15) is 13.9 Å². The maximum atomic E-state index is 13.9. The number of phenols is 1. The third kappa shape index (κ3) is 1.85. The topological polar surface area (TPSA) is 25.2 Å². The quantitative estimate of drug-likeness (QED) is 0.704. The van der Waals surface area contributed by atoms with Gasteiger partial charge in [0.2, 0.25) is 0 Å². The number of fused-ring (bicyclic) bond motifs is 1. The van der Waals surface area contributed by atoms with Crippen LogP contribution >= 0.6 is 0 Å². The number of nitrogens with zero attached hydrogens (tertiary/aromatic N) is 1. The third-order valence-electron chi connectivity index (χ3n) is 3.12. The molecule has 0 spiro atoms. The highest BCUT2D eigenvalue weighted by Crippen LogP contribution is 2.28. The van der Waals surface area contributed by atoms with Crippen LogP contribution in [0.4, 0.5) is 8.78 Å². The molecule has 4 heteroatoms. The van der Waals surface area contributed by atoms with Gasteiger partial charge in [-0.2, -0.15) is 0 Å². The molecule has 3 rings (SSSR count). The predicted octanol–water partition coefficient (Wildman–Crippen LogP) is 3.92. The average molecular weight is 259 g/mol. The molecule has 0 amide bonds. The first kappa shape index (κ1) is 11.7. The lowest BCUT2D eigenvalue weighted by Crippen LogP contribution is -1.99. The minimum atomic E-state index is -0.617. The molecule has 1 aromatic heterocycles. The van der Waals surface area contributed by atoms with Gasteiger partial charge in [-0.25, -0.2) is 8.78 Å². The first-order valence-electron chi connectivity index (χ1n) is 5.83. The average Bonchev–Trinajstić information content (AvgIpc) is 2.65. The zero-order chi connectivity index (χ0) is 13.6. The molecule has 0 aliphatic heterocycles. The summed E-state index contributed by atoms with van der Waals surface area (Å²) in [6.45, 7) is 1.83. The van der Waals surface area contributed by atoms with Gasteiger partial charge in [-0.05, 0) is 43.3 Å². The van der Waals surface area contributed by atoms with Gasteiger partial charge in [-0.3, -0.25) is 0 Å². The van der Waals surface area contributed by atoms with Crippen LogP contribution in [0.5, 0.6) is 5.75 Å². The molecule has 2 aromatic carbocycles. The molecule has 0 bridgehead atoms. The van der Waals surface area contributed by atoms with Crippen LogP contribution in [-0.4, -0.2) is 9.67 Å². The number of aromatic hydroxyl groups is 1. The molecular weight excluding hydrogens is 248 g/mol. The lowest BCUT2D eigenvalue weighted by atomic mass is 10.2. The summed E-state index contributed by atoms with van der Waals surface area (Å²) in [6, 6.07) is 10.2. The number of halogens is 2. The fraction of sp³-hybridized carbons (Fsp3) is 0.0667. The van der Waals surface area contributed by atoms with Gasteiger partial charge in [0.05, 0.1) is 11.2 Å². The van der Waals surface area contributed by atoms with Crippen molar-refractivity contribution in [2.45, 2.75) is 6.92 Å². The van der Waals surface area contributed by atoms with E-state index in [0.717, 1.165) is 22.7 Å². The molecule has 0 aliphatic rings. The van der Waals surface area contributed by atoms with Gasteiger partial charge in [-0.1, -0.05) is 0 Å². The number of phenolic OH excluding ortho intramolecular Hbond substituents is 1. The summed E-state index contributed by atoms with van der Waals surface area (Å²) in [5.74, 6) is -1.06. The Labute approximate surface area is 108 Å². The second kappa shape index (κ2) is 4.09. The summed E-state index contributed by atoms with van der Waals surface area (Å²) in [5, 5.41) is 10.3. The molecule has 0 aliphatic carbocycles. The van der Waals surface area contributed by atoms with Gasteiger partial charge in [-0.15, -0.1) is 0 Å². The number of hydrogen-bond donors (Lipinski definition) is 1. The van der Waals surface area contributed by atoms with Gasteiger partial charge < -0.3 is 9.67 Å². The van der Waals surface area contributed by atoms with Gasteiger partial charge >= 0.3 is 0 Å². The Kier molecular flexibility index (Phi) is 2.52. The minimum absolute atomic E-state index is 0.157. The molecule has 0 fully saturated rings. The van der Waals surface area contributed by atoms with E-state index < -0.39 is 11.6 Å². The maximum absolute atomic E-state index is 13.9. The molecule has 0 unspecified atom stereocenters. The summed E-state index contributed by atoms with van der Waals surface area (Å²) < 4.78 is 28.6. The molecule has 96 valence electrons. The Morgan fingerprint density at radius 1 is 1.00 bits per heavy atom. The van der Waals surface area contributed by atoms with Crippen molar-refractivity contribution in [1.29, 1.82) is 0 Å². The summed E-state index contributed by atoms with van der Waals surface area (Å²) in [7, 11) is 0. The number of aryl methyl sites for hydroxylation is 1. The van der Waals surface area contributed by atoms with Crippen molar-refractivity contribution in [3.63, 3.8) is 0 Å². The van der Waals surface area contributed by atoms with Gasteiger partial charge in [0.1, 0.15) is 17.4 Å². The predicted molar refractivity (Wildman–Crippen MR) is 69.6 cm³/mol. The van der Waals surface area contributed by atoms with E-state index in [1.165, 1.54) is 12.1 Å². The molecule has 3 aromatic rings.